The quantitative estimate of drug-likeness (QED) is 0.269. The maximum Gasteiger partial charge on any atom is 0.334 e. The lowest BCUT2D eigenvalue weighted by Gasteiger charge is -2.41. The summed E-state index contributed by atoms with van der Waals surface area (Å²) < 4.78 is 0. The van der Waals surface area contributed by atoms with Crippen LogP contribution in [0, 0.1) is 0 Å². The van der Waals surface area contributed by atoms with Crippen LogP contribution < -0.4 is 10.6 Å². The summed E-state index contributed by atoms with van der Waals surface area (Å²) in [7, 11) is 3.88. The van der Waals surface area contributed by atoms with Crippen molar-refractivity contribution in [3.05, 3.63) is 0 Å². The molecule has 2 aliphatic rings. The molecule has 0 saturated carbocycles. The van der Waals surface area contributed by atoms with Gasteiger partial charge in [0.15, 0.2) is 0 Å². The lowest BCUT2D eigenvalue weighted by atomic mass is 10.2. The van der Waals surface area contributed by atoms with Gasteiger partial charge in [0.25, 0.3) is 11.8 Å². The van der Waals surface area contributed by atoms with Crippen molar-refractivity contribution >= 4 is 29.6 Å². The fourth-order valence-electron chi connectivity index (χ4n) is 3.17. The van der Waals surface area contributed by atoms with Crippen LogP contribution in [0.25, 0.3) is 0 Å². The van der Waals surface area contributed by atoms with Crippen LogP contribution in [0.5, 0.6) is 0 Å². The summed E-state index contributed by atoms with van der Waals surface area (Å²) in [5.74, 6) is -2.32. The van der Waals surface area contributed by atoms with Gasteiger partial charge in [-0.15, -0.1) is 5.06 Å². The van der Waals surface area contributed by atoms with E-state index in [0.717, 1.165) is 6.54 Å². The molecule has 0 aromatic heterocycles. The van der Waals surface area contributed by atoms with Gasteiger partial charge in [0, 0.05) is 51.5 Å². The number of carbonyl (C=O) groups is 5. The molecule has 11 heteroatoms. The number of hydrogen-bond donors (Lipinski definition) is 2. The number of carbonyl (C=O) groups excluding carboxylic acids is 5. The van der Waals surface area contributed by atoms with Crippen LogP contribution in [-0.2, 0) is 28.8 Å². The molecule has 0 bridgehead atoms. The van der Waals surface area contributed by atoms with Crippen LogP contribution in [-0.4, -0.2) is 96.8 Å². The summed E-state index contributed by atoms with van der Waals surface area (Å²) >= 11 is 0. The van der Waals surface area contributed by atoms with Crippen LogP contribution >= 0.6 is 0 Å². The largest absolute Gasteiger partial charge is 0.355 e. The standard InChI is InChI=1S/C18H29N5O6/c1-12-10-22(3)13(11-21(12)2)18(28)20-8-6-14(24)19-9-7-17(27)29-23-15(25)4-5-16(23)26/h12-13H,4-11H2,1-3H3,(H,19,24)(H,20,28)/i2+1,3+1,7+1,9+1,14+1,17+1,19+1,20+1,21+1. The zero-order chi connectivity index (χ0) is 21.6. The molecule has 2 unspecified atom stereocenters. The van der Waals surface area contributed by atoms with Crippen molar-refractivity contribution in [2.45, 2.75) is 44.7 Å². The molecule has 2 fully saturated rings. The number of nitrogens with one attached hydrogen (secondary N) is 2. The van der Waals surface area contributed by atoms with Gasteiger partial charge in [0.1, 0.15) is 6.04 Å². The van der Waals surface area contributed by atoms with Gasteiger partial charge >= 0.3 is 5.97 Å². The molecule has 2 aliphatic heterocycles. The third-order valence-corrected chi connectivity index (χ3v) is 5.10. The van der Waals surface area contributed by atoms with E-state index in [1.807, 2.05) is 19.0 Å². The lowest BCUT2D eigenvalue weighted by Crippen LogP contribution is -2.59. The summed E-state index contributed by atoms with van der Waals surface area (Å²) in [4.78, 5) is 67.4. The minimum atomic E-state index is -0.777. The Labute approximate surface area is 169 Å². The molecule has 2 saturated heterocycles. The van der Waals surface area contributed by atoms with Gasteiger partial charge in [0.05, 0.1) is 6.42 Å². The molecule has 0 aromatic carbocycles. The average Bonchev–Trinajstić information content (AvgIpc) is 2.96. The number of rotatable bonds is 8. The smallest absolute Gasteiger partial charge is 0.334 e. The fraction of sp³-hybridized carbons (Fsp3) is 0.722. The second-order valence-electron chi connectivity index (χ2n) is 7.43. The highest BCUT2D eigenvalue weighted by Gasteiger charge is 2.33. The molecule has 0 radical (unpaired) electrons. The van der Waals surface area contributed by atoms with E-state index in [2.05, 4.69) is 22.5 Å². The molecule has 2 rings (SSSR count). The van der Waals surface area contributed by atoms with Gasteiger partial charge in [-0.3, -0.25) is 24.1 Å². The third kappa shape index (κ3) is 6.50. The average molecular weight is 420 g/mol. The van der Waals surface area contributed by atoms with Crippen molar-refractivity contribution < 1.29 is 28.8 Å². The Morgan fingerprint density at radius 1 is 0.966 bits per heavy atom. The number of nitrogens with zero attached hydrogens (tertiary/aromatic N) is 3. The van der Waals surface area contributed by atoms with E-state index in [4.69, 9.17) is 4.84 Å². The molecule has 29 heavy (non-hydrogen) atoms. The summed E-state index contributed by atoms with van der Waals surface area (Å²) in [5.41, 5.74) is 0. The van der Waals surface area contributed by atoms with E-state index < -0.39 is 17.8 Å². The zero-order valence-electron chi connectivity index (χ0n) is 17.1. The summed E-state index contributed by atoms with van der Waals surface area (Å²) in [6.45, 7) is 3.72. The molecule has 0 aliphatic carbocycles. The van der Waals surface area contributed by atoms with Crippen LogP contribution in [0.15, 0.2) is 0 Å². The Kier molecular flexibility index (Phi) is 8.09. The van der Waals surface area contributed by atoms with Crippen LogP contribution in [0.3, 0.4) is 0 Å². The monoisotopic (exact) mass is 420 g/mol. The van der Waals surface area contributed by atoms with Crippen molar-refractivity contribution in [2.24, 2.45) is 0 Å². The number of likely N-dealkylation sites (N-methyl/N-ethyl adjacent to an activating group) is 2. The van der Waals surface area contributed by atoms with Gasteiger partial charge in [-0.05, 0) is 21.0 Å². The second kappa shape index (κ2) is 10.3. The van der Waals surface area contributed by atoms with Crippen LogP contribution in [0.2, 0.25) is 0 Å². The Bertz CT molecular complexity index is 653. The van der Waals surface area contributed by atoms with E-state index in [9.17, 15) is 24.0 Å². The van der Waals surface area contributed by atoms with Gasteiger partial charge in [0.2, 0.25) is 11.8 Å². The molecular weight excluding hydrogens is 391 g/mol. The van der Waals surface area contributed by atoms with E-state index in [0.29, 0.717) is 17.6 Å². The maximum atomic E-state index is 12.3. The van der Waals surface area contributed by atoms with Gasteiger partial charge in [-0.2, -0.15) is 0 Å². The van der Waals surface area contributed by atoms with Crippen molar-refractivity contribution in [1.29, 1.82) is 0 Å². The Hall–Kier alpha value is -2.53. The normalized spacial score (nSPS) is 23.2. The van der Waals surface area contributed by atoms with E-state index in [1.54, 1.807) is 0 Å². The topological polar surface area (TPSA) is 128 Å². The van der Waals surface area contributed by atoms with Crippen molar-refractivity contribution in [2.75, 3.05) is 40.3 Å². The first-order valence-electron chi connectivity index (χ1n) is 9.70. The Balaban J connectivity index is 1.60. The molecule has 0 aromatic rings. The zero-order valence-corrected chi connectivity index (χ0v) is 17.1. The molecule has 2 atom stereocenters. The van der Waals surface area contributed by atoms with Crippen LogP contribution in [0.4, 0.5) is 0 Å². The highest BCUT2D eigenvalue weighted by atomic mass is 16.8. The van der Waals surface area contributed by atoms with Crippen molar-refractivity contribution in [3.63, 3.8) is 0 Å². The second-order valence-corrected chi connectivity index (χ2v) is 7.43. The first-order valence-corrected chi connectivity index (χ1v) is 9.70. The van der Waals surface area contributed by atoms with Gasteiger partial charge in [-0.25, -0.2) is 4.79 Å². The van der Waals surface area contributed by atoms with Gasteiger partial charge in [-0.1, -0.05) is 0 Å². The number of hydrogen-bond acceptors (Lipinski definition) is 8. The minimum absolute atomic E-state index is 0.00980. The first-order chi connectivity index (χ1) is 13.7. The van der Waals surface area contributed by atoms with E-state index in [1.165, 1.54) is 0 Å². The molecular formula is C18H29N5O6. The first kappa shape index (κ1) is 22.8. The SMILES string of the molecule is CC1CN([13CH3])C(C(=O)[15NH]CC[13C](=O)[15NH][13CH2][13CH2][13C](=O)ON2C(=O)CCC2=O)C[15N]1[13CH3]. The summed E-state index contributed by atoms with van der Waals surface area (Å²) in [5, 5.41) is 5.77. The number of amides is 4. The predicted molar refractivity (Wildman–Crippen MR) is 101 cm³/mol. The highest BCUT2D eigenvalue weighted by molar-refractivity contribution is 6.01. The predicted octanol–water partition coefficient (Wildman–Crippen LogP) is -1.76. The number of piperazine rings is 1. The molecule has 0 spiro atoms. The Morgan fingerprint density at radius 2 is 1.59 bits per heavy atom. The molecule has 162 valence electrons. The summed E-state index contributed by atoms with van der Waals surface area (Å²) in [6.07, 6.45) is -0.0415. The number of imide groups is 1. The van der Waals surface area contributed by atoms with Gasteiger partial charge < -0.3 is 20.4 Å². The highest BCUT2D eigenvalue weighted by Crippen LogP contribution is 2.13. The maximum absolute atomic E-state index is 12.3. The minimum Gasteiger partial charge on any atom is -0.355 e. The molecule has 2 heterocycles. The molecule has 2 N–H and O–H groups in total. The molecule has 11 nitrogen and oxygen atoms in total. The van der Waals surface area contributed by atoms with E-state index >= 15 is 0 Å². The molecule has 4 amide bonds. The van der Waals surface area contributed by atoms with Crippen molar-refractivity contribution in [1.82, 2.24) is 25.5 Å². The van der Waals surface area contributed by atoms with Crippen LogP contribution in [0.1, 0.15) is 32.6 Å². The summed E-state index contributed by atoms with van der Waals surface area (Å²) in [6, 6.07) is 0.119. The Morgan fingerprint density at radius 3 is 2.24 bits per heavy atom. The number of hydroxylamine groups is 2. The van der Waals surface area contributed by atoms with E-state index in [-0.39, 0.29) is 56.6 Å². The van der Waals surface area contributed by atoms with Crippen molar-refractivity contribution in [3.8, 4) is 0 Å². The fourth-order valence-corrected chi connectivity index (χ4v) is 3.17. The lowest BCUT2D eigenvalue weighted by molar-refractivity contribution is -0.197. The third-order valence-electron chi connectivity index (χ3n) is 5.10.